The van der Waals surface area contributed by atoms with E-state index in [1.54, 1.807) is 6.20 Å². The smallest absolute Gasteiger partial charge is 0.227 e. The Kier molecular flexibility index (Phi) is 3.54. The average molecular weight is 295 g/mol. The van der Waals surface area contributed by atoms with Gasteiger partial charge in [0.05, 0.1) is 11.2 Å². The van der Waals surface area contributed by atoms with Gasteiger partial charge in [0, 0.05) is 23.5 Å². The number of likely N-dealkylation sites (tertiary alicyclic amines) is 1. The van der Waals surface area contributed by atoms with Crippen molar-refractivity contribution in [3.63, 3.8) is 0 Å². The predicted molar refractivity (Wildman–Crippen MR) is 87.7 cm³/mol. The van der Waals surface area contributed by atoms with Gasteiger partial charge >= 0.3 is 0 Å². The number of hydrogen-bond donors (Lipinski definition) is 1. The molecule has 1 aromatic heterocycles. The topological polar surface area (TPSA) is 45.2 Å². The molecule has 2 heterocycles. The highest BCUT2D eigenvalue weighted by Gasteiger charge is 2.33. The molecule has 1 amide bonds. The standard InChI is InChI=1S/C18H21N3O/c22-18(13-8-11-21(12-9-13)14-6-7-14)20-17-5-1-4-16-15(17)3-2-10-19-16/h1-5,10,13-14H,6-9,11-12H2,(H,20,22). The molecule has 2 aliphatic rings. The zero-order chi connectivity index (χ0) is 14.9. The highest BCUT2D eigenvalue weighted by Crippen LogP contribution is 2.31. The summed E-state index contributed by atoms with van der Waals surface area (Å²) in [6.45, 7) is 2.14. The van der Waals surface area contributed by atoms with Crippen LogP contribution in [0.15, 0.2) is 36.5 Å². The summed E-state index contributed by atoms with van der Waals surface area (Å²) in [7, 11) is 0. The molecule has 0 bridgehead atoms. The first-order valence-corrected chi connectivity index (χ1v) is 8.20. The van der Waals surface area contributed by atoms with E-state index in [1.807, 2.05) is 30.3 Å². The number of amides is 1. The highest BCUT2D eigenvalue weighted by molar-refractivity contribution is 6.01. The fourth-order valence-corrected chi connectivity index (χ4v) is 3.41. The number of fused-ring (bicyclic) bond motifs is 1. The minimum absolute atomic E-state index is 0.141. The predicted octanol–water partition coefficient (Wildman–Crippen LogP) is 3.05. The first-order chi connectivity index (χ1) is 10.8. The van der Waals surface area contributed by atoms with Gasteiger partial charge in [0.25, 0.3) is 0 Å². The zero-order valence-electron chi connectivity index (χ0n) is 12.7. The van der Waals surface area contributed by atoms with Gasteiger partial charge in [-0.2, -0.15) is 0 Å². The van der Waals surface area contributed by atoms with Gasteiger partial charge in [-0.05, 0) is 63.0 Å². The molecule has 2 fully saturated rings. The lowest BCUT2D eigenvalue weighted by Crippen LogP contribution is -2.39. The van der Waals surface area contributed by atoms with Gasteiger partial charge in [-0.3, -0.25) is 9.78 Å². The molecule has 0 radical (unpaired) electrons. The van der Waals surface area contributed by atoms with Crippen LogP contribution in [0.2, 0.25) is 0 Å². The molecule has 1 N–H and O–H groups in total. The molecule has 22 heavy (non-hydrogen) atoms. The summed E-state index contributed by atoms with van der Waals surface area (Å²) in [4.78, 5) is 19.4. The molecule has 1 saturated carbocycles. The van der Waals surface area contributed by atoms with E-state index < -0.39 is 0 Å². The maximum atomic E-state index is 12.6. The summed E-state index contributed by atoms with van der Waals surface area (Å²) in [5.74, 6) is 0.300. The minimum atomic E-state index is 0.141. The first kappa shape index (κ1) is 13.7. The van der Waals surface area contributed by atoms with Crippen LogP contribution in [0.5, 0.6) is 0 Å². The molecule has 1 saturated heterocycles. The third-order valence-corrected chi connectivity index (χ3v) is 4.87. The maximum Gasteiger partial charge on any atom is 0.227 e. The van der Waals surface area contributed by atoms with Gasteiger partial charge < -0.3 is 10.2 Å². The highest BCUT2D eigenvalue weighted by atomic mass is 16.1. The molecular formula is C18H21N3O. The Bertz CT molecular complexity index is 682. The van der Waals surface area contributed by atoms with Crippen LogP contribution < -0.4 is 5.32 Å². The van der Waals surface area contributed by atoms with Crippen LogP contribution >= 0.6 is 0 Å². The number of piperidine rings is 1. The van der Waals surface area contributed by atoms with Crippen LogP contribution in [0.1, 0.15) is 25.7 Å². The number of rotatable bonds is 3. The fraction of sp³-hybridized carbons (Fsp3) is 0.444. The Balaban J connectivity index is 1.45. The Morgan fingerprint density at radius 2 is 1.91 bits per heavy atom. The lowest BCUT2D eigenvalue weighted by Gasteiger charge is -2.31. The van der Waals surface area contributed by atoms with Gasteiger partial charge in [0.15, 0.2) is 0 Å². The van der Waals surface area contributed by atoms with E-state index in [0.29, 0.717) is 0 Å². The Morgan fingerprint density at radius 3 is 2.68 bits per heavy atom. The summed E-state index contributed by atoms with van der Waals surface area (Å²) in [5.41, 5.74) is 1.80. The van der Waals surface area contributed by atoms with Crippen molar-refractivity contribution in [1.82, 2.24) is 9.88 Å². The van der Waals surface area contributed by atoms with Crippen molar-refractivity contribution in [2.24, 2.45) is 5.92 Å². The van der Waals surface area contributed by atoms with Crippen molar-refractivity contribution in [1.29, 1.82) is 0 Å². The number of anilines is 1. The molecule has 4 heteroatoms. The number of carbonyl (C=O) groups is 1. The average Bonchev–Trinajstić information content (AvgIpc) is 3.40. The first-order valence-electron chi connectivity index (χ1n) is 8.20. The van der Waals surface area contributed by atoms with Crippen LogP contribution in [0.3, 0.4) is 0 Å². The molecule has 0 unspecified atom stereocenters. The van der Waals surface area contributed by atoms with E-state index in [-0.39, 0.29) is 11.8 Å². The summed E-state index contributed by atoms with van der Waals surface area (Å²) in [6.07, 6.45) is 6.43. The number of pyridine rings is 1. The quantitative estimate of drug-likeness (QED) is 0.946. The van der Waals surface area contributed by atoms with E-state index in [9.17, 15) is 4.79 Å². The largest absolute Gasteiger partial charge is 0.325 e. The zero-order valence-corrected chi connectivity index (χ0v) is 12.7. The number of aromatic nitrogens is 1. The van der Waals surface area contributed by atoms with Crippen LogP contribution in [-0.2, 0) is 4.79 Å². The van der Waals surface area contributed by atoms with E-state index in [4.69, 9.17) is 0 Å². The second-order valence-corrected chi connectivity index (χ2v) is 6.41. The van der Waals surface area contributed by atoms with Gasteiger partial charge in [0.1, 0.15) is 0 Å². The number of carbonyl (C=O) groups excluding carboxylic acids is 1. The molecule has 0 atom stereocenters. The van der Waals surface area contributed by atoms with Crippen LogP contribution in [0, 0.1) is 5.92 Å². The van der Waals surface area contributed by atoms with E-state index in [2.05, 4.69) is 15.2 Å². The monoisotopic (exact) mass is 295 g/mol. The molecule has 4 nitrogen and oxygen atoms in total. The maximum absolute atomic E-state index is 12.6. The molecule has 4 rings (SSSR count). The van der Waals surface area contributed by atoms with Crippen molar-refractivity contribution >= 4 is 22.5 Å². The van der Waals surface area contributed by atoms with E-state index in [1.165, 1.54) is 12.8 Å². The second kappa shape index (κ2) is 5.69. The van der Waals surface area contributed by atoms with Crippen molar-refractivity contribution in [3.05, 3.63) is 36.5 Å². The van der Waals surface area contributed by atoms with Crippen molar-refractivity contribution in [3.8, 4) is 0 Å². The van der Waals surface area contributed by atoms with Crippen LogP contribution in [-0.4, -0.2) is 34.9 Å². The summed E-state index contributed by atoms with van der Waals surface area (Å²) in [6, 6.07) is 10.6. The SMILES string of the molecule is O=C(Nc1cccc2ncccc12)C1CCN(C2CC2)CC1. The Morgan fingerprint density at radius 1 is 1.09 bits per heavy atom. The minimum Gasteiger partial charge on any atom is -0.325 e. The Hall–Kier alpha value is -1.94. The molecular weight excluding hydrogens is 274 g/mol. The van der Waals surface area contributed by atoms with Crippen molar-refractivity contribution < 1.29 is 4.79 Å². The molecule has 1 aliphatic carbocycles. The van der Waals surface area contributed by atoms with Crippen molar-refractivity contribution in [2.75, 3.05) is 18.4 Å². The number of hydrogen-bond acceptors (Lipinski definition) is 3. The van der Waals surface area contributed by atoms with Gasteiger partial charge in [0.2, 0.25) is 5.91 Å². The molecule has 114 valence electrons. The summed E-state index contributed by atoms with van der Waals surface area (Å²) < 4.78 is 0. The van der Waals surface area contributed by atoms with Gasteiger partial charge in [-0.1, -0.05) is 6.07 Å². The lowest BCUT2D eigenvalue weighted by molar-refractivity contribution is -0.121. The summed E-state index contributed by atoms with van der Waals surface area (Å²) in [5, 5.41) is 4.12. The van der Waals surface area contributed by atoms with E-state index in [0.717, 1.165) is 48.6 Å². The molecule has 0 spiro atoms. The van der Waals surface area contributed by atoms with Gasteiger partial charge in [-0.15, -0.1) is 0 Å². The van der Waals surface area contributed by atoms with Crippen LogP contribution in [0.4, 0.5) is 5.69 Å². The van der Waals surface area contributed by atoms with Crippen molar-refractivity contribution in [2.45, 2.75) is 31.7 Å². The number of nitrogens with zero attached hydrogens (tertiary/aromatic N) is 2. The van der Waals surface area contributed by atoms with Gasteiger partial charge in [-0.25, -0.2) is 0 Å². The fourth-order valence-electron chi connectivity index (χ4n) is 3.41. The third kappa shape index (κ3) is 2.71. The number of benzene rings is 1. The number of nitrogens with one attached hydrogen (secondary N) is 1. The summed E-state index contributed by atoms with van der Waals surface area (Å²) >= 11 is 0. The Labute approximate surface area is 130 Å². The third-order valence-electron chi connectivity index (χ3n) is 4.87. The lowest BCUT2D eigenvalue weighted by atomic mass is 9.95. The normalized spacial score (nSPS) is 20.2. The van der Waals surface area contributed by atoms with Crippen LogP contribution in [0.25, 0.3) is 10.9 Å². The second-order valence-electron chi connectivity index (χ2n) is 6.41. The van der Waals surface area contributed by atoms with E-state index >= 15 is 0 Å². The molecule has 2 aromatic rings. The molecule has 1 aliphatic heterocycles. The molecule has 1 aromatic carbocycles.